The van der Waals surface area contributed by atoms with Gasteiger partial charge in [0.2, 0.25) is 6.29 Å². The van der Waals surface area contributed by atoms with Gasteiger partial charge in [-0.2, -0.15) is 0 Å². The number of aromatic hydroxyl groups is 1. The topological polar surface area (TPSA) is 314 Å². The first-order chi connectivity index (χ1) is 22.9. The molecular weight excluding hydrogens is 660 g/mol. The summed E-state index contributed by atoms with van der Waals surface area (Å²) in [6.45, 7) is 0.321. The summed E-state index contributed by atoms with van der Waals surface area (Å²) in [5.74, 6) is -7.41. The highest BCUT2D eigenvalue weighted by Gasteiger charge is 2.46. The maximum atomic E-state index is 12.2. The molecule has 3 aliphatic rings. The Morgan fingerprint density at radius 2 is 1.76 bits per heavy atom. The van der Waals surface area contributed by atoms with Crippen LogP contribution in [0.3, 0.4) is 0 Å². The van der Waals surface area contributed by atoms with E-state index in [0.29, 0.717) is 16.8 Å². The molecule has 0 aliphatic carbocycles. The number of fused-ring (bicyclic) bond motifs is 1. The Hall–Kier alpha value is -4.79. The molecule has 268 valence electrons. The number of quaternary nitrogens is 1. The van der Waals surface area contributed by atoms with Crippen LogP contribution in [0.2, 0.25) is 0 Å². The summed E-state index contributed by atoms with van der Waals surface area (Å²) in [7, 11) is 0. The minimum atomic E-state index is -1.94. The number of esters is 1. The van der Waals surface area contributed by atoms with Gasteiger partial charge in [0.15, 0.2) is 11.5 Å². The van der Waals surface area contributed by atoms with Gasteiger partial charge in [-0.05, 0) is 30.7 Å². The number of aliphatic carboxylic acids is 4. The lowest BCUT2D eigenvalue weighted by Crippen LogP contribution is -3.11. The Kier molecular flexibility index (Phi) is 11.2. The third-order valence-electron chi connectivity index (χ3n) is 8.25. The minimum Gasteiger partial charge on any atom is -0.544 e. The number of benzene rings is 1. The fraction of sp³-hybridized carbons (Fsp3) is 0.500. The first-order valence-electron chi connectivity index (χ1n) is 14.9. The number of carbonyl (C=O) groups excluding carboxylic acids is 2. The molecule has 19 nitrogen and oxygen atoms in total. The fourth-order valence-corrected chi connectivity index (χ4v) is 5.80. The van der Waals surface area contributed by atoms with E-state index in [1.807, 2.05) is 0 Å². The fourth-order valence-electron chi connectivity index (χ4n) is 5.80. The van der Waals surface area contributed by atoms with Crippen LogP contribution < -0.4 is 20.1 Å². The monoisotopic (exact) mass is 696 g/mol. The van der Waals surface area contributed by atoms with Crippen LogP contribution in [0.15, 0.2) is 35.6 Å². The lowest BCUT2D eigenvalue weighted by atomic mass is 9.98. The van der Waals surface area contributed by atoms with E-state index in [1.54, 1.807) is 0 Å². The predicted octanol–water partition coefficient (Wildman–Crippen LogP) is -4.73. The normalized spacial score (nSPS) is 29.9. The number of hydrogen-bond donors (Lipinski definition) is 10. The molecule has 0 saturated carbocycles. The second-order valence-corrected chi connectivity index (χ2v) is 12.2. The van der Waals surface area contributed by atoms with E-state index >= 15 is 0 Å². The standard InChI is InChI=1S/C30H36N2O17/c1-30(46,9-21(34)35)10-22(36)47-11-20-23(37)24(38)25(39)29(49-20)48-19-7-13-6-17(28(44)45)32(16(13)8-18(19)33)3-2-12-4-14(26(40)41)31-15(5-12)27(42)43/h2,4,7-8,15,17,20,23-25,29,31,33,37-39,46H,3,5-6,9-11H2,1H3,(H,34,35)(H,40,41)(H,42,43)(H,44,45). The number of carboxylic acids is 4. The Balaban J connectivity index is 1.50. The van der Waals surface area contributed by atoms with Gasteiger partial charge in [-0.15, -0.1) is 0 Å². The zero-order chi connectivity index (χ0) is 36.4. The molecule has 0 spiro atoms. The highest BCUT2D eigenvalue weighted by atomic mass is 16.7. The number of allylic oxidation sites excluding steroid dienone is 1. The Morgan fingerprint density at radius 1 is 1.06 bits per heavy atom. The number of phenolic OH excluding ortho intramolecular Hbond substituents is 1. The van der Waals surface area contributed by atoms with E-state index in [9.17, 15) is 64.8 Å². The summed E-state index contributed by atoms with van der Waals surface area (Å²) in [6, 6.07) is 0.0323. The van der Waals surface area contributed by atoms with E-state index in [-0.39, 0.29) is 35.7 Å². The Morgan fingerprint density at radius 3 is 2.37 bits per heavy atom. The maximum absolute atomic E-state index is 12.2. The largest absolute Gasteiger partial charge is 0.544 e. The van der Waals surface area contributed by atoms with E-state index in [1.165, 1.54) is 24.3 Å². The van der Waals surface area contributed by atoms with Crippen LogP contribution in [0, 0.1) is 0 Å². The molecule has 49 heavy (non-hydrogen) atoms. The van der Waals surface area contributed by atoms with Crippen molar-refractivity contribution in [3.05, 3.63) is 41.1 Å². The van der Waals surface area contributed by atoms with E-state index in [0.717, 1.165) is 6.92 Å². The zero-order valence-electron chi connectivity index (χ0n) is 25.8. The van der Waals surface area contributed by atoms with Gasteiger partial charge < -0.3 is 70.3 Å². The van der Waals surface area contributed by atoms with E-state index < -0.39 is 103 Å². The second-order valence-electron chi connectivity index (χ2n) is 12.2. The lowest BCUT2D eigenvalue weighted by molar-refractivity contribution is -0.840. The van der Waals surface area contributed by atoms with Crippen molar-refractivity contribution in [2.45, 2.75) is 81.0 Å². The number of phenols is 1. The summed E-state index contributed by atoms with van der Waals surface area (Å²) in [5, 5.41) is 94.3. The van der Waals surface area contributed by atoms with Crippen LogP contribution in [-0.2, 0) is 39.9 Å². The first-order valence-corrected chi connectivity index (χ1v) is 14.9. The minimum absolute atomic E-state index is 0.0724. The number of carbonyl (C=O) groups is 5. The summed E-state index contributed by atoms with van der Waals surface area (Å²) >= 11 is 0. The molecule has 1 aromatic rings. The summed E-state index contributed by atoms with van der Waals surface area (Å²) in [5.41, 5.74) is -1.32. The molecular formula is C30H36N2O17. The lowest BCUT2D eigenvalue weighted by Gasteiger charge is -2.40. The molecule has 10 N–H and O–H groups in total. The molecule has 9 unspecified atom stereocenters. The number of nitrogens with one attached hydrogen (secondary N) is 2. The predicted molar refractivity (Wildman–Crippen MR) is 155 cm³/mol. The number of carboxylic acid groups (broad SMARTS) is 4. The van der Waals surface area contributed by atoms with Crippen LogP contribution in [-0.4, -0.2) is 132 Å². The van der Waals surface area contributed by atoms with Crippen molar-refractivity contribution in [1.29, 1.82) is 0 Å². The van der Waals surface area contributed by atoms with Crippen molar-refractivity contribution in [1.82, 2.24) is 5.32 Å². The van der Waals surface area contributed by atoms with Crippen molar-refractivity contribution in [3.63, 3.8) is 0 Å². The molecule has 3 aliphatic heterocycles. The van der Waals surface area contributed by atoms with E-state index in [2.05, 4.69) is 5.32 Å². The third-order valence-corrected chi connectivity index (χ3v) is 8.25. The first kappa shape index (κ1) is 37.0. The highest BCUT2D eigenvalue weighted by Crippen LogP contribution is 2.36. The summed E-state index contributed by atoms with van der Waals surface area (Å²) in [6.07, 6.45) is -7.79. The Labute approximate surface area is 276 Å². The number of hydrogen-bond acceptors (Lipinski definition) is 15. The van der Waals surface area contributed by atoms with Crippen LogP contribution >= 0.6 is 0 Å². The van der Waals surface area contributed by atoms with Gasteiger partial charge >= 0.3 is 23.9 Å². The number of aliphatic hydroxyl groups excluding tert-OH is 3. The Bertz CT molecular complexity index is 1550. The molecule has 3 heterocycles. The molecule has 4 rings (SSSR count). The molecule has 1 fully saturated rings. The van der Waals surface area contributed by atoms with E-state index in [4.69, 9.17) is 19.3 Å². The highest BCUT2D eigenvalue weighted by molar-refractivity contribution is 5.89. The van der Waals surface area contributed by atoms with Gasteiger partial charge in [-0.25, -0.2) is 9.59 Å². The van der Waals surface area contributed by atoms with Crippen molar-refractivity contribution in [2.75, 3.05) is 13.2 Å². The quantitative estimate of drug-likeness (QED) is 0.0866. The molecule has 0 aromatic heterocycles. The van der Waals surface area contributed by atoms with Crippen molar-refractivity contribution in [2.24, 2.45) is 0 Å². The van der Waals surface area contributed by atoms with Gasteiger partial charge in [0.1, 0.15) is 67.0 Å². The molecule has 0 radical (unpaired) electrons. The summed E-state index contributed by atoms with van der Waals surface area (Å²) < 4.78 is 16.1. The summed E-state index contributed by atoms with van der Waals surface area (Å²) in [4.78, 5) is 58.4. The second kappa shape index (κ2) is 14.8. The van der Waals surface area contributed by atoms with Crippen molar-refractivity contribution < 1.29 is 89.0 Å². The van der Waals surface area contributed by atoms with Gasteiger partial charge in [0, 0.05) is 24.5 Å². The van der Waals surface area contributed by atoms with Crippen molar-refractivity contribution >= 4 is 35.5 Å². The molecule has 19 heteroatoms. The molecule has 0 amide bonds. The average molecular weight is 697 g/mol. The maximum Gasteiger partial charge on any atom is 0.351 e. The van der Waals surface area contributed by atoms with Gasteiger partial charge in [0.05, 0.1) is 18.4 Å². The van der Waals surface area contributed by atoms with Gasteiger partial charge in [-0.1, -0.05) is 0 Å². The zero-order valence-corrected chi connectivity index (χ0v) is 25.8. The molecule has 9 atom stereocenters. The SMILES string of the molecule is CC(O)(CC(=O)O)CC(=O)OCC1OC(Oc2cc3c(cc2O)[NH+](CC=C2C=C(C(=O)O)NC(C(=O)O)C2)C(C(=O)[O-])C3)C(O)C(O)C1O. The van der Waals surface area contributed by atoms with Gasteiger partial charge in [0.25, 0.3) is 0 Å². The average Bonchev–Trinajstić information content (AvgIpc) is 3.35. The van der Waals surface area contributed by atoms with Gasteiger partial charge in [-0.3, -0.25) is 14.5 Å². The molecule has 0 bridgehead atoms. The van der Waals surface area contributed by atoms with Crippen LogP contribution in [0.5, 0.6) is 11.5 Å². The third kappa shape index (κ3) is 8.82. The smallest absolute Gasteiger partial charge is 0.351 e. The molecule has 1 saturated heterocycles. The number of rotatable bonds is 13. The number of ether oxygens (including phenoxy) is 3. The van der Waals surface area contributed by atoms with Crippen LogP contribution in [0.25, 0.3) is 0 Å². The van der Waals surface area contributed by atoms with Crippen LogP contribution in [0.4, 0.5) is 5.69 Å². The van der Waals surface area contributed by atoms with Crippen molar-refractivity contribution in [3.8, 4) is 11.5 Å². The van der Waals surface area contributed by atoms with Crippen LogP contribution in [0.1, 0.15) is 31.7 Å². The molecule has 1 aromatic carbocycles. The number of aliphatic hydroxyl groups is 4.